The Morgan fingerprint density at radius 3 is 2.22 bits per heavy atom. The summed E-state index contributed by atoms with van der Waals surface area (Å²) in [6, 6.07) is 10.5. The van der Waals surface area contributed by atoms with Crippen molar-refractivity contribution in [1.29, 1.82) is 5.26 Å². The minimum atomic E-state index is -0.00681. The smallest absolute Gasteiger partial charge is 0.219 e. The molecular formula is C30H41N5O. The van der Waals surface area contributed by atoms with Gasteiger partial charge in [0.1, 0.15) is 0 Å². The normalized spacial score (nSPS) is 22.7. The predicted molar refractivity (Wildman–Crippen MR) is 141 cm³/mol. The average molecular weight is 488 g/mol. The van der Waals surface area contributed by atoms with Crippen LogP contribution in [0.15, 0.2) is 36.8 Å². The van der Waals surface area contributed by atoms with Crippen molar-refractivity contribution in [2.75, 3.05) is 19.6 Å². The van der Waals surface area contributed by atoms with Gasteiger partial charge in [-0.1, -0.05) is 50.7 Å². The van der Waals surface area contributed by atoms with E-state index in [1.807, 2.05) is 18.3 Å². The third kappa shape index (κ3) is 4.95. The van der Waals surface area contributed by atoms with Crippen molar-refractivity contribution in [3.05, 3.63) is 53.6 Å². The third-order valence-corrected chi connectivity index (χ3v) is 9.43. The summed E-state index contributed by atoms with van der Waals surface area (Å²) in [5.74, 6) is 1.45. The number of hydrogen-bond donors (Lipinski definition) is 1. The summed E-state index contributed by atoms with van der Waals surface area (Å²) in [5, 5.41) is 9.29. The Hall–Kier alpha value is -2.65. The highest BCUT2D eigenvalue weighted by Crippen LogP contribution is 2.51. The number of piperazine rings is 1. The SMILES string of the molecule is CC(=O)N1CCN(C(Cc2ccc(C#N)cc2)c2cnc[nH]2)C(C2CCCCC2)(C2CCCCC2)C1. The highest BCUT2D eigenvalue weighted by atomic mass is 16.2. The van der Waals surface area contributed by atoms with E-state index in [0.717, 1.165) is 31.7 Å². The van der Waals surface area contributed by atoms with Crippen molar-refractivity contribution in [3.63, 3.8) is 0 Å². The molecule has 192 valence electrons. The van der Waals surface area contributed by atoms with Gasteiger partial charge >= 0.3 is 0 Å². The van der Waals surface area contributed by atoms with Crippen LogP contribution in [-0.4, -0.2) is 50.8 Å². The summed E-state index contributed by atoms with van der Waals surface area (Å²) in [6.07, 6.45) is 17.6. The van der Waals surface area contributed by atoms with Gasteiger partial charge in [0.05, 0.1) is 29.7 Å². The molecule has 1 aromatic carbocycles. The molecule has 36 heavy (non-hydrogen) atoms. The van der Waals surface area contributed by atoms with Gasteiger partial charge in [-0.25, -0.2) is 4.98 Å². The van der Waals surface area contributed by atoms with Crippen LogP contribution >= 0.6 is 0 Å². The molecule has 0 radical (unpaired) electrons. The predicted octanol–water partition coefficient (Wildman–Crippen LogP) is 5.63. The van der Waals surface area contributed by atoms with Gasteiger partial charge in [0, 0.05) is 38.3 Å². The summed E-state index contributed by atoms with van der Waals surface area (Å²) in [5.41, 5.74) is 3.09. The van der Waals surface area contributed by atoms with Crippen molar-refractivity contribution >= 4 is 5.91 Å². The molecule has 6 heteroatoms. The van der Waals surface area contributed by atoms with Crippen LogP contribution in [0.5, 0.6) is 0 Å². The fraction of sp³-hybridized carbons (Fsp3) is 0.633. The first-order valence-corrected chi connectivity index (χ1v) is 14.1. The summed E-state index contributed by atoms with van der Waals surface area (Å²) < 4.78 is 0. The highest BCUT2D eigenvalue weighted by Gasteiger charge is 2.54. The van der Waals surface area contributed by atoms with E-state index < -0.39 is 0 Å². The van der Waals surface area contributed by atoms with E-state index in [0.29, 0.717) is 17.4 Å². The summed E-state index contributed by atoms with van der Waals surface area (Å²) in [7, 11) is 0. The van der Waals surface area contributed by atoms with E-state index in [2.05, 4.69) is 38.0 Å². The lowest BCUT2D eigenvalue weighted by molar-refractivity contribution is -0.149. The number of nitrogens with zero attached hydrogens (tertiary/aromatic N) is 4. The first-order valence-electron chi connectivity index (χ1n) is 14.1. The van der Waals surface area contributed by atoms with Gasteiger partial charge in [-0.05, 0) is 61.6 Å². The first-order chi connectivity index (χ1) is 17.6. The lowest BCUT2D eigenvalue weighted by Gasteiger charge is -2.61. The van der Waals surface area contributed by atoms with Gasteiger partial charge in [0.25, 0.3) is 0 Å². The van der Waals surface area contributed by atoms with E-state index in [4.69, 9.17) is 0 Å². The molecule has 1 saturated heterocycles. The number of rotatable bonds is 6. The summed E-state index contributed by atoms with van der Waals surface area (Å²) in [4.78, 5) is 25.7. The number of aromatic amines is 1. The fourth-order valence-corrected chi connectivity index (χ4v) is 7.67. The number of imidazole rings is 1. The van der Waals surface area contributed by atoms with Gasteiger partial charge in [0.15, 0.2) is 0 Å². The molecule has 2 aromatic rings. The highest BCUT2D eigenvalue weighted by molar-refractivity contribution is 5.73. The molecule has 1 aliphatic heterocycles. The molecule has 1 unspecified atom stereocenters. The topological polar surface area (TPSA) is 76.0 Å². The minimum absolute atomic E-state index is 0.00681. The Bertz CT molecular complexity index is 1010. The molecule has 1 atom stereocenters. The van der Waals surface area contributed by atoms with Crippen LogP contribution in [0.25, 0.3) is 0 Å². The molecule has 3 fully saturated rings. The molecule has 1 N–H and O–H groups in total. The van der Waals surface area contributed by atoms with Crippen LogP contribution in [0, 0.1) is 23.2 Å². The van der Waals surface area contributed by atoms with E-state index in [9.17, 15) is 10.1 Å². The lowest BCUT2D eigenvalue weighted by Crippen LogP contribution is -2.70. The largest absolute Gasteiger partial charge is 0.347 e. The number of H-pyrrole nitrogens is 1. The van der Waals surface area contributed by atoms with Crippen molar-refractivity contribution in [2.24, 2.45) is 11.8 Å². The summed E-state index contributed by atoms with van der Waals surface area (Å²) >= 11 is 0. The quantitative estimate of drug-likeness (QED) is 0.573. The van der Waals surface area contributed by atoms with Gasteiger partial charge in [0.2, 0.25) is 5.91 Å². The lowest BCUT2D eigenvalue weighted by atomic mass is 9.61. The molecule has 1 aromatic heterocycles. The number of nitrogens with one attached hydrogen (secondary N) is 1. The Morgan fingerprint density at radius 2 is 1.69 bits per heavy atom. The van der Waals surface area contributed by atoms with Crippen molar-refractivity contribution < 1.29 is 4.79 Å². The van der Waals surface area contributed by atoms with Gasteiger partial charge in [-0.3, -0.25) is 9.69 Å². The number of amides is 1. The monoisotopic (exact) mass is 487 g/mol. The Labute approximate surface area is 216 Å². The van der Waals surface area contributed by atoms with Crippen LogP contribution < -0.4 is 0 Å². The van der Waals surface area contributed by atoms with E-state index in [-0.39, 0.29) is 17.5 Å². The third-order valence-electron chi connectivity index (χ3n) is 9.43. The second-order valence-corrected chi connectivity index (χ2v) is 11.3. The molecule has 3 aliphatic rings. The fourth-order valence-electron chi connectivity index (χ4n) is 7.67. The van der Waals surface area contributed by atoms with Crippen LogP contribution in [0.1, 0.15) is 94.0 Å². The number of carbonyl (C=O) groups is 1. The van der Waals surface area contributed by atoms with E-state index in [1.165, 1.54) is 69.8 Å². The van der Waals surface area contributed by atoms with Gasteiger partial charge in [-0.2, -0.15) is 5.26 Å². The first kappa shape index (κ1) is 25.0. The van der Waals surface area contributed by atoms with Crippen LogP contribution in [0.3, 0.4) is 0 Å². The van der Waals surface area contributed by atoms with Crippen LogP contribution in [-0.2, 0) is 11.2 Å². The number of nitriles is 1. The summed E-state index contributed by atoms with van der Waals surface area (Å²) in [6.45, 7) is 4.29. The minimum Gasteiger partial charge on any atom is -0.347 e. The van der Waals surface area contributed by atoms with E-state index >= 15 is 0 Å². The second kappa shape index (κ2) is 11.2. The zero-order chi connectivity index (χ0) is 25.0. The average Bonchev–Trinajstić information content (AvgIpc) is 3.47. The molecule has 0 spiro atoms. The molecule has 2 aliphatic carbocycles. The molecule has 2 heterocycles. The maximum absolute atomic E-state index is 12.8. The maximum atomic E-state index is 12.8. The Balaban J connectivity index is 1.59. The molecule has 2 saturated carbocycles. The Morgan fingerprint density at radius 1 is 1.06 bits per heavy atom. The second-order valence-electron chi connectivity index (χ2n) is 11.3. The number of hydrogen-bond acceptors (Lipinski definition) is 4. The van der Waals surface area contributed by atoms with Crippen LogP contribution in [0.2, 0.25) is 0 Å². The Kier molecular flexibility index (Phi) is 7.76. The van der Waals surface area contributed by atoms with Gasteiger partial charge < -0.3 is 9.88 Å². The molecular weight excluding hydrogens is 446 g/mol. The molecule has 5 rings (SSSR count). The standard InChI is InChI=1S/C30H41N5O/c1-23(36)34-16-17-35(29(28-20-32-22-33-28)18-24-12-14-25(19-31)15-13-24)30(21-34,26-8-4-2-5-9-26)27-10-6-3-7-11-27/h12-15,20,22,26-27,29H,2-11,16-18,21H2,1H3,(H,32,33). The molecule has 0 bridgehead atoms. The van der Waals surface area contributed by atoms with Crippen LogP contribution in [0.4, 0.5) is 0 Å². The molecule has 6 nitrogen and oxygen atoms in total. The molecule has 1 amide bonds. The number of carbonyl (C=O) groups excluding carboxylic acids is 1. The van der Waals surface area contributed by atoms with Gasteiger partial charge in [-0.15, -0.1) is 0 Å². The number of benzene rings is 1. The van der Waals surface area contributed by atoms with Crippen molar-refractivity contribution in [2.45, 2.75) is 89.1 Å². The van der Waals surface area contributed by atoms with E-state index in [1.54, 1.807) is 13.3 Å². The zero-order valence-corrected chi connectivity index (χ0v) is 21.8. The number of aromatic nitrogens is 2. The zero-order valence-electron chi connectivity index (χ0n) is 21.8. The maximum Gasteiger partial charge on any atom is 0.219 e. The van der Waals surface area contributed by atoms with Crippen molar-refractivity contribution in [1.82, 2.24) is 19.8 Å². The van der Waals surface area contributed by atoms with Crippen molar-refractivity contribution in [3.8, 4) is 6.07 Å².